The van der Waals surface area contributed by atoms with Crippen molar-refractivity contribution in [3.63, 3.8) is 0 Å². The fourth-order valence-electron chi connectivity index (χ4n) is 10.4. The second kappa shape index (κ2) is 24.7. The van der Waals surface area contributed by atoms with Crippen LogP contribution in [0.2, 0.25) is 0 Å². The number of nitro groups is 2. The van der Waals surface area contributed by atoms with Crippen LogP contribution >= 0.6 is 54.5 Å². The van der Waals surface area contributed by atoms with E-state index < -0.39 is 18.2 Å². The molecule has 0 atom stereocenters. The Labute approximate surface area is 502 Å². The number of pyridine rings is 2. The third-order valence-corrected chi connectivity index (χ3v) is 16.1. The van der Waals surface area contributed by atoms with Crippen LogP contribution in [0.4, 0.5) is 11.4 Å². The molecule has 0 saturated carbocycles. The number of hydrogen-bond donors (Lipinski definition) is 2. The lowest BCUT2D eigenvalue weighted by atomic mass is 9.77. The van der Waals surface area contributed by atoms with Crippen LogP contribution in [-0.2, 0) is 11.1 Å². The number of benzene rings is 8. The molecule has 0 aliphatic carbocycles. The standard InChI is InChI=1S/C32H23BrN4O2.C26H17BrIN3O2.C6H8BNO2/c1-22-19-23(17-18-34-22)31-27-20-28(33)30(37(38)39)21-29(27)36(35-31)32(24-11-5-2-6-12-24,25-13-7-3-8-14-25)26-15-9-4-10-16-26;27-22-16-21-23(17-24(22)31(32)33)30(29-25(21)28)26(18-10-4-1-5-11-18,19-12-6-2-7-13-19)20-14-8-3-9-15-20;1-5-4-6(7(9)10)2-3-8-5/h2-21H,1H3;1-17H;2-4,9-10H,1H3. The fourth-order valence-corrected chi connectivity index (χ4v) is 12.1. The van der Waals surface area contributed by atoms with Crippen LogP contribution in [0, 0.1) is 37.8 Å². The van der Waals surface area contributed by atoms with Crippen molar-refractivity contribution in [3.05, 3.63) is 321 Å². The first-order valence-electron chi connectivity index (χ1n) is 25.7. The normalized spacial score (nSPS) is 11.3. The Kier molecular flexibility index (Phi) is 17.1. The average molecular weight is 1320 g/mol. The Bertz CT molecular complexity index is 4030. The second-order valence-corrected chi connectivity index (χ2v) is 21.8. The molecule has 0 spiro atoms. The molecule has 0 aliphatic heterocycles. The van der Waals surface area contributed by atoms with Gasteiger partial charge in [-0.2, -0.15) is 10.2 Å². The molecular weight excluding hydrogens is 1270 g/mol. The molecule has 0 fully saturated rings. The first-order valence-corrected chi connectivity index (χ1v) is 28.3. The number of aryl methyl sites for hydroxylation is 2. The Morgan fingerprint density at radius 3 is 1.16 bits per heavy atom. The van der Waals surface area contributed by atoms with Crippen LogP contribution < -0.4 is 5.46 Å². The number of nitro benzene ring substituents is 2. The highest BCUT2D eigenvalue weighted by atomic mass is 127. The minimum Gasteiger partial charge on any atom is -0.423 e. The lowest BCUT2D eigenvalue weighted by Gasteiger charge is -2.37. The highest BCUT2D eigenvalue weighted by Gasteiger charge is 2.43. The number of rotatable bonds is 12. The third-order valence-electron chi connectivity index (χ3n) is 14.0. The van der Waals surface area contributed by atoms with Crippen molar-refractivity contribution in [1.29, 1.82) is 0 Å². The summed E-state index contributed by atoms with van der Waals surface area (Å²) in [7, 11) is -1.39. The van der Waals surface area contributed by atoms with Crippen LogP contribution in [0.1, 0.15) is 44.8 Å². The molecule has 12 aromatic rings. The van der Waals surface area contributed by atoms with Gasteiger partial charge in [0.15, 0.2) is 0 Å². The van der Waals surface area contributed by atoms with E-state index in [0.717, 1.165) is 70.5 Å². The molecule has 0 amide bonds. The second-order valence-electron chi connectivity index (χ2n) is 19.0. The third kappa shape index (κ3) is 11.0. The molecule has 18 heteroatoms. The summed E-state index contributed by atoms with van der Waals surface area (Å²) >= 11 is 9.01. The van der Waals surface area contributed by atoms with Crippen molar-refractivity contribution in [2.75, 3.05) is 0 Å². The van der Waals surface area contributed by atoms with Gasteiger partial charge in [0, 0.05) is 52.3 Å². The van der Waals surface area contributed by atoms with Crippen molar-refractivity contribution in [2.45, 2.75) is 24.9 Å². The van der Waals surface area contributed by atoms with Gasteiger partial charge in [-0.1, -0.05) is 182 Å². The van der Waals surface area contributed by atoms with E-state index in [2.05, 4.69) is 137 Å². The smallest absolute Gasteiger partial charge is 0.423 e. The largest absolute Gasteiger partial charge is 0.488 e. The van der Waals surface area contributed by atoms with Crippen LogP contribution in [0.3, 0.4) is 0 Å². The molecule has 4 heterocycles. The molecule has 4 aromatic heterocycles. The van der Waals surface area contributed by atoms with E-state index in [0.29, 0.717) is 25.4 Å². The molecule has 0 unspecified atom stereocenters. The van der Waals surface area contributed by atoms with Gasteiger partial charge < -0.3 is 10.0 Å². The summed E-state index contributed by atoms with van der Waals surface area (Å²) in [6.07, 6.45) is 3.30. The molecule has 0 saturated heterocycles. The van der Waals surface area contributed by atoms with Crippen LogP contribution in [0.25, 0.3) is 33.1 Å². The van der Waals surface area contributed by atoms with Gasteiger partial charge in [-0.15, -0.1) is 0 Å². The van der Waals surface area contributed by atoms with E-state index in [1.165, 1.54) is 0 Å². The highest BCUT2D eigenvalue weighted by Crippen LogP contribution is 2.47. The zero-order valence-corrected chi connectivity index (χ0v) is 49.2. The van der Waals surface area contributed by atoms with Gasteiger partial charge in [0.05, 0.1) is 29.8 Å². The minimum absolute atomic E-state index is 0.00290. The number of fused-ring (bicyclic) bond motifs is 2. The molecule has 14 nitrogen and oxygen atoms in total. The zero-order chi connectivity index (χ0) is 57.5. The summed E-state index contributed by atoms with van der Waals surface area (Å²) in [5.41, 5.74) is 9.24. The number of halogens is 3. The number of nitrogens with zero attached hydrogens (tertiary/aromatic N) is 8. The maximum Gasteiger partial charge on any atom is 0.488 e. The van der Waals surface area contributed by atoms with Gasteiger partial charge in [-0.05, 0) is 144 Å². The quantitative estimate of drug-likeness (QED) is 0.0392. The van der Waals surface area contributed by atoms with E-state index in [9.17, 15) is 20.2 Å². The maximum absolute atomic E-state index is 12.1. The van der Waals surface area contributed by atoms with Gasteiger partial charge >= 0.3 is 7.12 Å². The van der Waals surface area contributed by atoms with E-state index in [1.54, 1.807) is 55.7 Å². The van der Waals surface area contributed by atoms with Crippen LogP contribution in [0.5, 0.6) is 0 Å². The molecule has 12 rings (SSSR count). The summed E-state index contributed by atoms with van der Waals surface area (Å²) in [6.45, 7) is 3.73. The molecular formula is C64H48BBr2IN8O6. The van der Waals surface area contributed by atoms with Gasteiger partial charge in [-0.25, -0.2) is 9.36 Å². The summed E-state index contributed by atoms with van der Waals surface area (Å²) in [6, 6.07) is 74.8. The van der Waals surface area contributed by atoms with Crippen molar-refractivity contribution >= 4 is 100 Å². The van der Waals surface area contributed by atoms with Crippen molar-refractivity contribution in [1.82, 2.24) is 29.5 Å². The molecule has 0 radical (unpaired) electrons. The van der Waals surface area contributed by atoms with E-state index in [1.807, 2.05) is 138 Å². The number of aromatic nitrogens is 6. The topological polar surface area (TPSA) is 188 Å². The first-order chi connectivity index (χ1) is 39.7. The van der Waals surface area contributed by atoms with Crippen LogP contribution in [0.15, 0.2) is 252 Å². The van der Waals surface area contributed by atoms with E-state index in [4.69, 9.17) is 20.2 Å². The Morgan fingerprint density at radius 2 is 0.817 bits per heavy atom. The van der Waals surface area contributed by atoms with E-state index >= 15 is 0 Å². The SMILES string of the molecule is Cc1cc(-c2nn(C(c3ccccc3)(c3ccccc3)c3ccccc3)c3cc([N+](=O)[O-])c(Br)cc23)ccn1.Cc1cc(B(O)O)ccn1.O=[N+]([O-])c1cc2c(cc1Br)c(I)nn2C(c1ccccc1)(c1ccccc1)c1ccccc1. The summed E-state index contributed by atoms with van der Waals surface area (Å²) in [5, 5.41) is 53.2. The van der Waals surface area contributed by atoms with Gasteiger partial charge in [0.2, 0.25) is 0 Å². The molecule has 404 valence electrons. The monoisotopic (exact) mass is 1320 g/mol. The lowest BCUT2D eigenvalue weighted by Crippen LogP contribution is -2.38. The molecule has 82 heavy (non-hydrogen) atoms. The molecule has 8 aromatic carbocycles. The molecule has 2 N–H and O–H groups in total. The van der Waals surface area contributed by atoms with Crippen molar-refractivity contribution < 1.29 is 19.9 Å². The molecule has 0 bridgehead atoms. The fraction of sp³-hybridized carbons (Fsp3) is 0.0625. The van der Waals surface area contributed by atoms with Gasteiger partial charge in [0.1, 0.15) is 20.5 Å². The Morgan fingerprint density at radius 1 is 0.476 bits per heavy atom. The average Bonchev–Trinajstić information content (AvgIpc) is 3.47. The predicted octanol–water partition coefficient (Wildman–Crippen LogP) is 14.1. The highest BCUT2D eigenvalue weighted by molar-refractivity contribution is 14.1. The number of hydrogen-bond acceptors (Lipinski definition) is 10. The first kappa shape index (κ1) is 56.7. The maximum atomic E-state index is 12.1. The Balaban J connectivity index is 0.000000159. The molecule has 0 aliphatic rings. The Hall–Kier alpha value is -8.53. The predicted molar refractivity (Wildman–Crippen MR) is 337 cm³/mol. The van der Waals surface area contributed by atoms with Gasteiger partial charge in [0.25, 0.3) is 11.4 Å². The van der Waals surface area contributed by atoms with Crippen LogP contribution in [-0.4, -0.2) is 56.5 Å². The lowest BCUT2D eigenvalue weighted by molar-refractivity contribution is -0.385. The zero-order valence-electron chi connectivity index (χ0n) is 43.9. The summed E-state index contributed by atoms with van der Waals surface area (Å²) in [4.78, 5) is 31.4. The van der Waals surface area contributed by atoms with Crippen molar-refractivity contribution in [3.8, 4) is 11.3 Å². The summed E-state index contributed by atoms with van der Waals surface area (Å²) < 4.78 is 5.49. The van der Waals surface area contributed by atoms with Gasteiger partial charge in [-0.3, -0.25) is 30.2 Å². The van der Waals surface area contributed by atoms with Crippen molar-refractivity contribution in [2.24, 2.45) is 0 Å². The summed E-state index contributed by atoms with van der Waals surface area (Å²) in [5.74, 6) is 0. The minimum atomic E-state index is -1.39. The van der Waals surface area contributed by atoms with E-state index in [-0.39, 0.29) is 21.2 Å².